The van der Waals surface area contributed by atoms with Crippen LogP contribution in [-0.4, -0.2) is 22.7 Å². The molecule has 2 rings (SSSR count). The largest absolute Gasteiger partial charge is 0.342 e. The molecule has 0 amide bonds. The standard InChI is InChI=1S/C15H22FN3/c1-15(2,3)10-4-6-12-13(8-10)19-14(18-12)7-5-11(16)9-17/h4,6,8,11H,5,7,9,17H2,1-3H3,(H,18,19). The maximum absolute atomic E-state index is 13.1. The van der Waals surface area contributed by atoms with Crippen molar-refractivity contribution in [1.82, 2.24) is 9.97 Å². The van der Waals surface area contributed by atoms with Crippen LogP contribution in [0.1, 0.15) is 38.6 Å². The van der Waals surface area contributed by atoms with Gasteiger partial charge in [0.25, 0.3) is 0 Å². The van der Waals surface area contributed by atoms with Gasteiger partial charge in [0.1, 0.15) is 12.0 Å². The summed E-state index contributed by atoms with van der Waals surface area (Å²) in [6, 6.07) is 6.25. The number of aromatic amines is 1. The first kappa shape index (κ1) is 14.0. The third-order valence-corrected chi connectivity index (χ3v) is 3.35. The fourth-order valence-electron chi connectivity index (χ4n) is 2.06. The lowest BCUT2D eigenvalue weighted by Gasteiger charge is -2.18. The summed E-state index contributed by atoms with van der Waals surface area (Å²) < 4.78 is 13.1. The molecule has 0 spiro atoms. The van der Waals surface area contributed by atoms with Crippen LogP contribution in [-0.2, 0) is 11.8 Å². The molecule has 3 N–H and O–H groups in total. The van der Waals surface area contributed by atoms with Gasteiger partial charge in [-0.1, -0.05) is 26.8 Å². The molecule has 0 aliphatic rings. The second-order valence-electron chi connectivity index (χ2n) is 6.04. The van der Waals surface area contributed by atoms with E-state index in [1.54, 1.807) is 0 Å². The van der Waals surface area contributed by atoms with Gasteiger partial charge in [0.15, 0.2) is 0 Å². The van der Waals surface area contributed by atoms with Gasteiger partial charge in [0.05, 0.1) is 11.0 Å². The molecule has 2 aromatic rings. The smallest absolute Gasteiger partial charge is 0.113 e. The number of imidazole rings is 1. The lowest BCUT2D eigenvalue weighted by atomic mass is 9.87. The molecule has 0 saturated heterocycles. The number of nitrogens with zero attached hydrogens (tertiary/aromatic N) is 1. The molecular formula is C15H22FN3. The monoisotopic (exact) mass is 263 g/mol. The van der Waals surface area contributed by atoms with Crippen molar-refractivity contribution < 1.29 is 4.39 Å². The number of hydrogen-bond acceptors (Lipinski definition) is 2. The van der Waals surface area contributed by atoms with Crippen molar-refractivity contribution >= 4 is 11.0 Å². The van der Waals surface area contributed by atoms with Crippen molar-refractivity contribution in [1.29, 1.82) is 0 Å². The van der Waals surface area contributed by atoms with Gasteiger partial charge in [-0.25, -0.2) is 9.37 Å². The Hall–Kier alpha value is -1.42. The minimum atomic E-state index is -0.946. The van der Waals surface area contributed by atoms with Gasteiger partial charge in [0.2, 0.25) is 0 Å². The fourth-order valence-corrected chi connectivity index (χ4v) is 2.06. The number of nitrogens with two attached hydrogens (primary N) is 1. The Balaban J connectivity index is 2.21. The highest BCUT2D eigenvalue weighted by Crippen LogP contribution is 2.25. The van der Waals surface area contributed by atoms with Crippen LogP contribution in [0.25, 0.3) is 11.0 Å². The van der Waals surface area contributed by atoms with Gasteiger partial charge in [-0.3, -0.25) is 0 Å². The molecule has 19 heavy (non-hydrogen) atoms. The third-order valence-electron chi connectivity index (χ3n) is 3.35. The number of H-pyrrole nitrogens is 1. The van der Waals surface area contributed by atoms with E-state index >= 15 is 0 Å². The van der Waals surface area contributed by atoms with Crippen molar-refractivity contribution in [3.63, 3.8) is 0 Å². The van der Waals surface area contributed by atoms with Gasteiger partial charge in [-0.15, -0.1) is 0 Å². The van der Waals surface area contributed by atoms with Gasteiger partial charge in [-0.2, -0.15) is 0 Å². The lowest BCUT2D eigenvalue weighted by Crippen LogP contribution is -2.15. The van der Waals surface area contributed by atoms with Crippen LogP contribution in [0.5, 0.6) is 0 Å². The number of fused-ring (bicyclic) bond motifs is 1. The predicted octanol–water partition coefficient (Wildman–Crippen LogP) is 3.09. The second-order valence-corrected chi connectivity index (χ2v) is 6.04. The molecule has 1 unspecified atom stereocenters. The van der Waals surface area contributed by atoms with E-state index < -0.39 is 6.17 Å². The third kappa shape index (κ3) is 3.32. The summed E-state index contributed by atoms with van der Waals surface area (Å²) in [4.78, 5) is 7.75. The molecule has 0 fully saturated rings. The zero-order chi connectivity index (χ0) is 14.0. The number of aryl methyl sites for hydroxylation is 1. The first-order chi connectivity index (χ1) is 8.90. The molecule has 4 heteroatoms. The molecular weight excluding hydrogens is 241 g/mol. The van der Waals surface area contributed by atoms with E-state index in [9.17, 15) is 4.39 Å². The number of benzene rings is 1. The van der Waals surface area contributed by atoms with Crippen molar-refractivity contribution in [3.05, 3.63) is 29.6 Å². The molecule has 1 atom stereocenters. The van der Waals surface area contributed by atoms with Crippen molar-refractivity contribution in [2.24, 2.45) is 5.73 Å². The molecule has 1 aromatic heterocycles. The first-order valence-corrected chi connectivity index (χ1v) is 6.73. The summed E-state index contributed by atoms with van der Waals surface area (Å²) in [5.41, 5.74) is 8.61. The summed E-state index contributed by atoms with van der Waals surface area (Å²) in [7, 11) is 0. The maximum Gasteiger partial charge on any atom is 0.113 e. The molecule has 1 aromatic carbocycles. The average Bonchev–Trinajstić information content (AvgIpc) is 2.76. The normalized spacial score (nSPS) is 13.9. The zero-order valence-corrected chi connectivity index (χ0v) is 11.8. The molecule has 104 valence electrons. The van der Waals surface area contributed by atoms with Gasteiger partial charge in [0, 0.05) is 13.0 Å². The Morgan fingerprint density at radius 3 is 2.74 bits per heavy atom. The van der Waals surface area contributed by atoms with Crippen LogP contribution in [0.4, 0.5) is 4.39 Å². The fraction of sp³-hybridized carbons (Fsp3) is 0.533. The van der Waals surface area contributed by atoms with Crippen LogP contribution in [0.2, 0.25) is 0 Å². The minimum Gasteiger partial charge on any atom is -0.342 e. The van der Waals surface area contributed by atoms with E-state index in [2.05, 4.69) is 42.9 Å². The molecule has 0 radical (unpaired) electrons. The number of hydrogen-bond donors (Lipinski definition) is 2. The Morgan fingerprint density at radius 2 is 2.11 bits per heavy atom. The Bertz CT molecular complexity index is 554. The molecule has 0 saturated carbocycles. The van der Waals surface area contributed by atoms with E-state index in [-0.39, 0.29) is 12.0 Å². The van der Waals surface area contributed by atoms with Crippen molar-refractivity contribution in [3.8, 4) is 0 Å². The van der Waals surface area contributed by atoms with Crippen LogP contribution < -0.4 is 5.73 Å². The summed E-state index contributed by atoms with van der Waals surface area (Å²) >= 11 is 0. The van der Waals surface area contributed by atoms with Crippen LogP contribution >= 0.6 is 0 Å². The number of alkyl halides is 1. The van der Waals surface area contributed by atoms with Gasteiger partial charge >= 0.3 is 0 Å². The number of rotatable bonds is 4. The Morgan fingerprint density at radius 1 is 1.37 bits per heavy atom. The zero-order valence-electron chi connectivity index (χ0n) is 11.8. The minimum absolute atomic E-state index is 0.0778. The van der Waals surface area contributed by atoms with E-state index in [0.29, 0.717) is 12.8 Å². The molecule has 0 aliphatic heterocycles. The van der Waals surface area contributed by atoms with Crippen LogP contribution in [0, 0.1) is 0 Å². The van der Waals surface area contributed by atoms with E-state index in [1.165, 1.54) is 5.56 Å². The highest BCUT2D eigenvalue weighted by Gasteiger charge is 2.15. The summed E-state index contributed by atoms with van der Waals surface area (Å²) in [5.74, 6) is 0.831. The molecule has 0 bridgehead atoms. The lowest BCUT2D eigenvalue weighted by molar-refractivity contribution is 0.321. The van der Waals surface area contributed by atoms with E-state index in [0.717, 1.165) is 16.9 Å². The predicted molar refractivity (Wildman–Crippen MR) is 77.1 cm³/mol. The topological polar surface area (TPSA) is 54.7 Å². The highest BCUT2D eigenvalue weighted by atomic mass is 19.1. The quantitative estimate of drug-likeness (QED) is 0.890. The Kier molecular flexibility index (Phi) is 3.90. The second kappa shape index (κ2) is 5.29. The van der Waals surface area contributed by atoms with Gasteiger partial charge < -0.3 is 10.7 Å². The molecule has 3 nitrogen and oxygen atoms in total. The molecule has 0 aliphatic carbocycles. The van der Waals surface area contributed by atoms with Crippen LogP contribution in [0.15, 0.2) is 18.2 Å². The Labute approximate surface area is 113 Å². The summed E-state index contributed by atoms with van der Waals surface area (Å²) in [6.45, 7) is 6.62. The summed E-state index contributed by atoms with van der Waals surface area (Å²) in [5, 5.41) is 0. The number of aromatic nitrogens is 2. The van der Waals surface area contributed by atoms with Gasteiger partial charge in [-0.05, 0) is 29.5 Å². The van der Waals surface area contributed by atoms with E-state index in [1.807, 2.05) is 6.07 Å². The number of nitrogens with one attached hydrogen (secondary N) is 1. The van der Waals surface area contributed by atoms with Crippen molar-refractivity contribution in [2.75, 3.05) is 6.54 Å². The molecule has 1 heterocycles. The first-order valence-electron chi connectivity index (χ1n) is 6.73. The van der Waals surface area contributed by atoms with Crippen LogP contribution in [0.3, 0.4) is 0 Å². The summed E-state index contributed by atoms with van der Waals surface area (Å²) in [6.07, 6.45) is 0.0683. The number of halogens is 1. The van der Waals surface area contributed by atoms with Crippen molar-refractivity contribution in [2.45, 2.75) is 45.2 Å². The SMILES string of the molecule is CC(C)(C)c1ccc2nc(CCC(F)CN)[nH]c2c1. The maximum atomic E-state index is 13.1. The van der Waals surface area contributed by atoms with E-state index in [4.69, 9.17) is 5.73 Å². The average molecular weight is 263 g/mol. The highest BCUT2D eigenvalue weighted by molar-refractivity contribution is 5.76.